The lowest BCUT2D eigenvalue weighted by Crippen LogP contribution is -2.38. The summed E-state index contributed by atoms with van der Waals surface area (Å²) in [5, 5.41) is 8.74. The number of morpholine rings is 1. The van der Waals surface area contributed by atoms with E-state index < -0.39 is 5.63 Å². The Balaban J connectivity index is 1.23. The summed E-state index contributed by atoms with van der Waals surface area (Å²) in [7, 11) is 0. The maximum absolute atomic E-state index is 12.4. The van der Waals surface area contributed by atoms with Crippen molar-refractivity contribution >= 4 is 50.9 Å². The Kier molecular flexibility index (Phi) is 8.28. The van der Waals surface area contributed by atoms with E-state index in [-0.39, 0.29) is 30.2 Å². The molecule has 2 aromatic heterocycles. The number of hydrogen-bond acceptors (Lipinski definition) is 8. The van der Waals surface area contributed by atoms with Crippen LogP contribution in [0.25, 0.3) is 22.2 Å². The molecule has 0 radical (unpaired) electrons. The van der Waals surface area contributed by atoms with Crippen LogP contribution in [0.15, 0.2) is 38.9 Å². The minimum absolute atomic E-state index is 0.0425. The molecule has 1 aliphatic heterocycles. The number of anilines is 1. The number of nitrogens with one attached hydrogen (secondary N) is 2. The molecule has 0 aliphatic carbocycles. The highest BCUT2D eigenvalue weighted by molar-refractivity contribution is 7.14. The van der Waals surface area contributed by atoms with Gasteiger partial charge in [0.2, 0.25) is 11.8 Å². The quantitative estimate of drug-likeness (QED) is 0.340. The van der Waals surface area contributed by atoms with Gasteiger partial charge >= 0.3 is 5.63 Å². The molecular weight excluding hydrogens is 480 g/mol. The predicted molar refractivity (Wildman–Crippen MR) is 131 cm³/mol. The van der Waals surface area contributed by atoms with Crippen molar-refractivity contribution in [2.24, 2.45) is 0 Å². The highest BCUT2D eigenvalue weighted by atomic mass is 35.5. The fraction of sp³-hybridized carbons (Fsp3) is 0.391. The number of carbonyl (C=O) groups is 2. The van der Waals surface area contributed by atoms with Crippen molar-refractivity contribution in [2.75, 3.05) is 44.7 Å². The number of rotatable bonds is 9. The van der Waals surface area contributed by atoms with Gasteiger partial charge in [0.25, 0.3) is 0 Å². The molecule has 1 fully saturated rings. The number of benzene rings is 1. The molecule has 2 amide bonds. The van der Waals surface area contributed by atoms with Gasteiger partial charge in [-0.25, -0.2) is 9.78 Å². The summed E-state index contributed by atoms with van der Waals surface area (Å²) in [6, 6.07) is 6.65. The molecule has 0 bridgehead atoms. The zero-order valence-electron chi connectivity index (χ0n) is 18.5. The second-order valence-corrected chi connectivity index (χ2v) is 9.17. The van der Waals surface area contributed by atoms with Gasteiger partial charge in [-0.05, 0) is 37.2 Å². The van der Waals surface area contributed by atoms with E-state index >= 15 is 0 Å². The molecule has 1 aliphatic rings. The molecule has 4 rings (SSSR count). The summed E-state index contributed by atoms with van der Waals surface area (Å²) in [5.74, 6) is -0.480. The first-order valence-corrected chi connectivity index (χ1v) is 12.3. The second-order valence-electron chi connectivity index (χ2n) is 7.87. The lowest BCUT2D eigenvalue weighted by molar-refractivity contribution is -0.124. The molecule has 0 atom stereocenters. The van der Waals surface area contributed by atoms with Crippen LogP contribution >= 0.6 is 22.9 Å². The number of carbonyl (C=O) groups excluding carboxylic acids is 2. The summed E-state index contributed by atoms with van der Waals surface area (Å²) < 4.78 is 10.7. The van der Waals surface area contributed by atoms with Gasteiger partial charge in [-0.15, -0.1) is 11.3 Å². The first kappa shape index (κ1) is 24.3. The van der Waals surface area contributed by atoms with Crippen LogP contribution in [-0.4, -0.2) is 61.1 Å². The summed E-state index contributed by atoms with van der Waals surface area (Å²) in [6.07, 6.45) is 0.992. The molecule has 2 N–H and O–H groups in total. The summed E-state index contributed by atoms with van der Waals surface area (Å²) in [4.78, 5) is 43.2. The average molecular weight is 505 g/mol. The molecule has 180 valence electrons. The van der Waals surface area contributed by atoms with E-state index in [1.165, 1.54) is 11.3 Å². The highest BCUT2D eigenvalue weighted by Crippen LogP contribution is 2.26. The van der Waals surface area contributed by atoms with Crippen LogP contribution < -0.4 is 16.3 Å². The van der Waals surface area contributed by atoms with E-state index in [1.807, 2.05) is 0 Å². The van der Waals surface area contributed by atoms with Crippen molar-refractivity contribution in [2.45, 2.75) is 19.3 Å². The second kappa shape index (κ2) is 11.6. The maximum atomic E-state index is 12.4. The average Bonchev–Trinajstić information content (AvgIpc) is 3.29. The Morgan fingerprint density at radius 3 is 2.76 bits per heavy atom. The number of hydrogen-bond donors (Lipinski definition) is 2. The molecule has 1 saturated heterocycles. The van der Waals surface area contributed by atoms with Gasteiger partial charge < -0.3 is 19.8 Å². The normalized spacial score (nSPS) is 14.3. The Labute approximate surface area is 205 Å². The summed E-state index contributed by atoms with van der Waals surface area (Å²) in [6.45, 7) is 4.85. The fourth-order valence-corrected chi connectivity index (χ4v) is 4.49. The number of halogens is 1. The Morgan fingerprint density at radius 2 is 1.94 bits per heavy atom. The zero-order chi connectivity index (χ0) is 23.9. The van der Waals surface area contributed by atoms with Crippen LogP contribution in [0, 0.1) is 0 Å². The molecule has 3 heterocycles. The molecule has 0 unspecified atom stereocenters. The van der Waals surface area contributed by atoms with Gasteiger partial charge in [0.05, 0.1) is 24.5 Å². The molecular formula is C23H25ClN4O5S. The van der Waals surface area contributed by atoms with Crippen LogP contribution in [0.1, 0.15) is 19.3 Å². The lowest BCUT2D eigenvalue weighted by Gasteiger charge is -2.26. The molecule has 34 heavy (non-hydrogen) atoms. The van der Waals surface area contributed by atoms with Crippen LogP contribution in [0.5, 0.6) is 0 Å². The Morgan fingerprint density at radius 1 is 1.15 bits per heavy atom. The van der Waals surface area contributed by atoms with E-state index in [0.717, 1.165) is 39.3 Å². The van der Waals surface area contributed by atoms with Crippen LogP contribution in [0.3, 0.4) is 0 Å². The highest BCUT2D eigenvalue weighted by Gasteiger charge is 2.14. The third-order valence-electron chi connectivity index (χ3n) is 5.38. The van der Waals surface area contributed by atoms with E-state index in [4.69, 9.17) is 20.8 Å². The van der Waals surface area contributed by atoms with E-state index in [9.17, 15) is 14.4 Å². The minimum Gasteiger partial charge on any atom is -0.422 e. The van der Waals surface area contributed by atoms with Crippen molar-refractivity contribution in [3.63, 3.8) is 0 Å². The van der Waals surface area contributed by atoms with E-state index in [2.05, 4.69) is 20.5 Å². The van der Waals surface area contributed by atoms with Gasteiger partial charge in [-0.2, -0.15) is 0 Å². The van der Waals surface area contributed by atoms with E-state index in [1.54, 1.807) is 29.6 Å². The Hall–Kier alpha value is -2.79. The monoisotopic (exact) mass is 504 g/mol. The third-order valence-corrected chi connectivity index (χ3v) is 6.37. The summed E-state index contributed by atoms with van der Waals surface area (Å²) >= 11 is 7.21. The lowest BCUT2D eigenvalue weighted by atomic mass is 10.1. The van der Waals surface area contributed by atoms with Crippen molar-refractivity contribution in [3.8, 4) is 11.3 Å². The van der Waals surface area contributed by atoms with Crippen molar-refractivity contribution in [1.29, 1.82) is 0 Å². The van der Waals surface area contributed by atoms with Crippen LogP contribution in [-0.2, 0) is 14.3 Å². The smallest absolute Gasteiger partial charge is 0.345 e. The molecule has 0 spiro atoms. The Bertz CT molecular complexity index is 1220. The van der Waals surface area contributed by atoms with E-state index in [0.29, 0.717) is 33.4 Å². The van der Waals surface area contributed by atoms with Crippen molar-refractivity contribution < 1.29 is 18.7 Å². The minimum atomic E-state index is -0.525. The van der Waals surface area contributed by atoms with Gasteiger partial charge in [0.15, 0.2) is 5.13 Å². The predicted octanol–water partition coefficient (Wildman–Crippen LogP) is 3.13. The van der Waals surface area contributed by atoms with Gasteiger partial charge in [0.1, 0.15) is 5.58 Å². The standard InChI is InChI=1S/C23H25ClN4O5S/c24-16-2-3-19-15(12-16)13-17(22(31)33-19)18-14-34-23(26-18)27-21(30)5-4-20(29)25-6-1-7-28-8-10-32-11-9-28/h2-3,12-14H,1,4-11H2,(H,25,29)(H,26,27,30). The fourth-order valence-electron chi connectivity index (χ4n) is 3.58. The number of aromatic nitrogens is 1. The molecule has 3 aromatic rings. The molecule has 0 saturated carbocycles. The molecule has 9 nitrogen and oxygen atoms in total. The zero-order valence-corrected chi connectivity index (χ0v) is 20.0. The van der Waals surface area contributed by atoms with Crippen molar-refractivity contribution in [3.05, 3.63) is 45.1 Å². The van der Waals surface area contributed by atoms with Crippen LogP contribution in [0.2, 0.25) is 5.02 Å². The molecule has 11 heteroatoms. The topological polar surface area (TPSA) is 114 Å². The van der Waals surface area contributed by atoms with Crippen molar-refractivity contribution in [1.82, 2.24) is 15.2 Å². The number of fused-ring (bicyclic) bond motifs is 1. The molecule has 1 aromatic carbocycles. The maximum Gasteiger partial charge on any atom is 0.345 e. The number of ether oxygens (including phenoxy) is 1. The van der Waals surface area contributed by atoms with Gasteiger partial charge in [-0.1, -0.05) is 11.6 Å². The van der Waals surface area contributed by atoms with Gasteiger partial charge in [0, 0.05) is 48.3 Å². The van der Waals surface area contributed by atoms with Crippen LogP contribution in [0.4, 0.5) is 5.13 Å². The number of thiazole rings is 1. The number of amides is 2. The largest absolute Gasteiger partial charge is 0.422 e. The summed E-state index contributed by atoms with van der Waals surface area (Å²) in [5.41, 5.74) is 0.585. The first-order valence-electron chi connectivity index (χ1n) is 11.0. The van der Waals surface area contributed by atoms with Gasteiger partial charge in [-0.3, -0.25) is 14.5 Å². The number of nitrogens with zero attached hydrogens (tertiary/aromatic N) is 2. The third kappa shape index (κ3) is 6.63. The first-order chi connectivity index (χ1) is 16.5. The SMILES string of the molecule is O=C(CCC(=O)Nc1nc(-c2cc3cc(Cl)ccc3oc2=O)cs1)NCCCN1CCOCC1.